The van der Waals surface area contributed by atoms with Gasteiger partial charge in [-0.2, -0.15) is 0 Å². The number of carbonyl (C=O) groups excluding carboxylic acids is 3. The van der Waals surface area contributed by atoms with E-state index in [1.165, 1.54) is 4.57 Å². The molecule has 2 N–H and O–H groups in total. The zero-order valence-electron chi connectivity index (χ0n) is 26.7. The number of piperidine rings is 1. The smallest absolute Gasteiger partial charge is 0.329 e. The van der Waals surface area contributed by atoms with Gasteiger partial charge in [-0.15, -0.1) is 0 Å². The lowest BCUT2D eigenvalue weighted by Crippen LogP contribution is -2.48. The van der Waals surface area contributed by atoms with Crippen molar-refractivity contribution in [3.63, 3.8) is 0 Å². The van der Waals surface area contributed by atoms with Crippen molar-refractivity contribution < 1.29 is 29.0 Å². The van der Waals surface area contributed by atoms with E-state index < -0.39 is 26.1 Å². The number of likely N-dealkylation sites (tertiary alicyclic amines) is 2. The normalized spacial score (nSPS) is 21.7. The van der Waals surface area contributed by atoms with Crippen molar-refractivity contribution in [3.8, 4) is 0 Å². The molecule has 246 valence electrons. The lowest BCUT2D eigenvalue weighted by molar-refractivity contribution is -0.157. The van der Waals surface area contributed by atoms with Crippen LogP contribution in [0.25, 0.3) is 11.0 Å². The van der Waals surface area contributed by atoms with Crippen LogP contribution in [-0.2, 0) is 32.2 Å². The van der Waals surface area contributed by atoms with Crippen molar-refractivity contribution in [1.29, 1.82) is 0 Å². The number of benzene rings is 2. The Morgan fingerprint density at radius 1 is 1.09 bits per heavy atom. The number of amides is 3. The van der Waals surface area contributed by atoms with E-state index in [1.54, 1.807) is 21.6 Å². The lowest BCUT2D eigenvalue weighted by Gasteiger charge is -2.31. The first kappa shape index (κ1) is 32.2. The Kier molecular flexibility index (Phi) is 9.19. The summed E-state index contributed by atoms with van der Waals surface area (Å²) in [6.07, 6.45) is 0.625. The van der Waals surface area contributed by atoms with Gasteiger partial charge >= 0.3 is 5.69 Å². The largest absolute Gasteiger partial charge is 0.394 e. The molecule has 0 saturated carbocycles. The van der Waals surface area contributed by atoms with Crippen LogP contribution >= 0.6 is 0 Å². The molecule has 0 spiro atoms. The molecule has 4 heterocycles. The Bertz CT molecular complexity index is 1680. The summed E-state index contributed by atoms with van der Waals surface area (Å²) in [5, 5.41) is 13.5. The highest BCUT2D eigenvalue weighted by Crippen LogP contribution is 2.35. The average molecular weight is 650 g/mol. The van der Waals surface area contributed by atoms with E-state index in [-0.39, 0.29) is 49.8 Å². The van der Waals surface area contributed by atoms with E-state index in [0.717, 1.165) is 16.5 Å². The molecule has 1 aromatic heterocycles. The van der Waals surface area contributed by atoms with Crippen LogP contribution in [0.3, 0.4) is 0 Å². The molecule has 3 aliphatic heterocycles. The summed E-state index contributed by atoms with van der Waals surface area (Å²) in [6, 6.07) is 12.9. The van der Waals surface area contributed by atoms with Crippen LogP contribution in [-0.4, -0.2) is 95.0 Å². The zero-order chi connectivity index (χ0) is 32.6. The van der Waals surface area contributed by atoms with E-state index in [4.69, 9.17) is 9.47 Å². The fraction of sp³-hybridized carbons (Fsp3) is 0.515. The molecule has 3 aliphatic rings. The van der Waals surface area contributed by atoms with Crippen molar-refractivity contribution in [2.45, 2.75) is 76.3 Å². The van der Waals surface area contributed by atoms with Gasteiger partial charge in [0.05, 0.1) is 47.6 Å². The highest BCUT2D eigenvalue weighted by Gasteiger charge is 2.40. The SMILES string of the molecule is C[Si](C)(C)CCOCN1C(=O)CCC(n2c(=O)n3c4c(c(C(=O)N5C[C@H](OCc6ccccc6)C[C@H]5CO)ccc42)NCC3)C1=O. The Morgan fingerprint density at radius 3 is 2.61 bits per heavy atom. The van der Waals surface area contributed by atoms with Crippen molar-refractivity contribution in [1.82, 2.24) is 18.9 Å². The molecule has 0 bridgehead atoms. The number of imide groups is 1. The number of aliphatic hydroxyl groups is 1. The van der Waals surface area contributed by atoms with E-state index in [2.05, 4.69) is 25.0 Å². The van der Waals surface area contributed by atoms with Gasteiger partial charge in [-0.1, -0.05) is 50.0 Å². The van der Waals surface area contributed by atoms with Gasteiger partial charge in [0.25, 0.3) is 11.8 Å². The molecule has 1 unspecified atom stereocenters. The Balaban J connectivity index is 1.25. The maximum atomic E-state index is 14.0. The molecular weight excluding hydrogens is 606 g/mol. The third-order valence-corrected chi connectivity index (χ3v) is 10.9. The summed E-state index contributed by atoms with van der Waals surface area (Å²) >= 11 is 0. The molecule has 0 aliphatic carbocycles. The third kappa shape index (κ3) is 6.28. The molecule has 3 amide bonds. The van der Waals surface area contributed by atoms with Gasteiger partial charge in [0, 0.05) is 40.7 Å². The van der Waals surface area contributed by atoms with Crippen LogP contribution in [0.1, 0.15) is 41.2 Å². The monoisotopic (exact) mass is 649 g/mol. The van der Waals surface area contributed by atoms with Gasteiger partial charge in [0.15, 0.2) is 0 Å². The fourth-order valence-corrected chi connectivity index (χ4v) is 7.38. The zero-order valence-corrected chi connectivity index (χ0v) is 27.7. The quantitative estimate of drug-likeness (QED) is 0.184. The lowest BCUT2D eigenvalue weighted by atomic mass is 10.0. The van der Waals surface area contributed by atoms with Gasteiger partial charge in [-0.25, -0.2) is 4.79 Å². The standard InChI is InChI=1S/C33H43N5O7Si/c1-46(2,3)16-15-44-21-37-28(40)12-11-27(32(37)42)38-26-10-9-25(29-30(26)35(33(38)43)14-13-34-29)31(41)36-18-24(17-23(36)19-39)45-20-22-7-5-4-6-8-22/h4-10,23-24,27,34,39H,11-21H2,1-3H3/t23-,24+,27?/m0/s1. The number of hydrogen-bond acceptors (Lipinski definition) is 8. The van der Waals surface area contributed by atoms with Gasteiger partial charge < -0.3 is 24.8 Å². The summed E-state index contributed by atoms with van der Waals surface area (Å²) < 4.78 is 14.9. The van der Waals surface area contributed by atoms with E-state index in [9.17, 15) is 24.3 Å². The third-order valence-electron chi connectivity index (χ3n) is 9.18. The van der Waals surface area contributed by atoms with E-state index in [0.29, 0.717) is 61.6 Å². The summed E-state index contributed by atoms with van der Waals surface area (Å²) in [5.41, 5.74) is 2.69. The second-order valence-electron chi connectivity index (χ2n) is 13.6. The highest BCUT2D eigenvalue weighted by atomic mass is 28.3. The number of aromatic nitrogens is 2. The van der Waals surface area contributed by atoms with Crippen LogP contribution in [0.5, 0.6) is 0 Å². The van der Waals surface area contributed by atoms with Gasteiger partial charge in [-0.3, -0.25) is 28.4 Å². The molecule has 2 aromatic carbocycles. The minimum atomic E-state index is -1.34. The van der Waals surface area contributed by atoms with Gasteiger partial charge in [0.2, 0.25) is 5.91 Å². The minimum absolute atomic E-state index is 0.125. The number of aliphatic hydroxyl groups excluding tert-OH is 1. The predicted octanol–water partition coefficient (Wildman–Crippen LogP) is 3.02. The Labute approximate surface area is 268 Å². The minimum Gasteiger partial charge on any atom is -0.394 e. The van der Waals surface area contributed by atoms with Gasteiger partial charge in [-0.05, 0) is 36.6 Å². The molecule has 6 rings (SSSR count). The second kappa shape index (κ2) is 13.1. The topological polar surface area (TPSA) is 135 Å². The van der Waals surface area contributed by atoms with E-state index in [1.807, 2.05) is 30.3 Å². The number of nitrogens with zero attached hydrogens (tertiary/aromatic N) is 4. The molecule has 3 aromatic rings. The predicted molar refractivity (Wildman–Crippen MR) is 175 cm³/mol. The summed E-state index contributed by atoms with van der Waals surface area (Å²) in [7, 11) is -1.34. The van der Waals surface area contributed by atoms with Crippen LogP contribution in [0, 0.1) is 0 Å². The van der Waals surface area contributed by atoms with E-state index >= 15 is 0 Å². The number of anilines is 1. The molecular formula is C33H43N5O7Si. The number of ether oxygens (including phenoxy) is 2. The Hall–Kier alpha value is -3.78. The fourth-order valence-electron chi connectivity index (χ4n) is 6.63. The van der Waals surface area contributed by atoms with Crippen LogP contribution < -0.4 is 11.0 Å². The first-order valence-corrected chi connectivity index (χ1v) is 19.8. The number of hydrogen-bond donors (Lipinski definition) is 2. The van der Waals surface area contributed by atoms with Crippen molar-refractivity contribution >= 4 is 42.5 Å². The highest BCUT2D eigenvalue weighted by molar-refractivity contribution is 6.76. The van der Waals surface area contributed by atoms with Gasteiger partial charge in [0.1, 0.15) is 12.8 Å². The molecule has 13 heteroatoms. The van der Waals surface area contributed by atoms with Crippen LogP contribution in [0.4, 0.5) is 5.69 Å². The summed E-state index contributed by atoms with van der Waals surface area (Å²) in [6.45, 7) is 8.39. The maximum absolute atomic E-state index is 14.0. The maximum Gasteiger partial charge on any atom is 0.329 e. The number of rotatable bonds is 11. The molecule has 3 atom stereocenters. The number of nitrogens with one attached hydrogen (secondary N) is 1. The Morgan fingerprint density at radius 2 is 1.87 bits per heavy atom. The molecule has 12 nitrogen and oxygen atoms in total. The first-order chi connectivity index (χ1) is 22.1. The first-order valence-electron chi connectivity index (χ1n) is 16.1. The van der Waals surface area contributed by atoms with Crippen LogP contribution in [0.2, 0.25) is 25.7 Å². The molecule has 0 radical (unpaired) electrons. The number of carbonyl (C=O) groups is 3. The van der Waals surface area contributed by atoms with Crippen molar-refractivity contribution in [3.05, 3.63) is 64.1 Å². The second-order valence-corrected chi connectivity index (χ2v) is 19.2. The summed E-state index contributed by atoms with van der Waals surface area (Å²) in [5.74, 6) is -1.02. The van der Waals surface area contributed by atoms with Crippen molar-refractivity contribution in [2.75, 3.05) is 38.4 Å². The summed E-state index contributed by atoms with van der Waals surface area (Å²) in [4.78, 5) is 57.1. The van der Waals surface area contributed by atoms with Crippen LogP contribution in [0.15, 0.2) is 47.3 Å². The van der Waals surface area contributed by atoms with Crippen molar-refractivity contribution in [2.24, 2.45) is 0 Å². The molecule has 46 heavy (non-hydrogen) atoms. The molecule has 2 fully saturated rings. The number of imidazole rings is 1. The average Bonchev–Trinajstić information content (AvgIpc) is 3.59. The molecule has 2 saturated heterocycles.